The minimum atomic E-state index is -3.92. The summed E-state index contributed by atoms with van der Waals surface area (Å²) < 4.78 is 53.6. The molecule has 0 spiro atoms. The number of sulfone groups is 1. The number of primary sulfonamides is 1. The molecular weight excluding hydrogens is 348 g/mol. The fourth-order valence-electron chi connectivity index (χ4n) is 2.49. The van der Waals surface area contributed by atoms with E-state index < -0.39 is 25.1 Å². The number of rotatable bonds is 6. The second-order valence-electron chi connectivity index (χ2n) is 5.03. The third-order valence-corrected chi connectivity index (χ3v) is 8.78. The van der Waals surface area contributed by atoms with E-state index in [9.17, 15) is 16.8 Å². The van der Waals surface area contributed by atoms with Crippen LogP contribution < -0.4 is 10.5 Å². The van der Waals surface area contributed by atoms with Crippen LogP contribution in [0.4, 0.5) is 0 Å². The molecule has 0 aromatic carbocycles. The Morgan fingerprint density at radius 1 is 1.45 bits per heavy atom. The van der Waals surface area contributed by atoms with E-state index in [-0.39, 0.29) is 21.1 Å². The van der Waals surface area contributed by atoms with Crippen LogP contribution in [0.2, 0.25) is 0 Å². The van der Waals surface area contributed by atoms with E-state index in [4.69, 9.17) is 9.88 Å². The van der Waals surface area contributed by atoms with Gasteiger partial charge in [0.15, 0.2) is 9.84 Å². The number of thiophene rings is 1. The van der Waals surface area contributed by atoms with E-state index >= 15 is 0 Å². The van der Waals surface area contributed by atoms with E-state index in [0.29, 0.717) is 25.1 Å². The number of nitrogens with two attached hydrogens (primary N) is 1. The number of hydrogen-bond donors (Lipinski definition) is 2. The highest BCUT2D eigenvalue weighted by Crippen LogP contribution is 2.42. The molecule has 1 aliphatic rings. The van der Waals surface area contributed by atoms with Crippen LogP contribution in [0.25, 0.3) is 0 Å². The first-order valence-corrected chi connectivity index (χ1v) is 10.8. The monoisotopic (exact) mass is 368 g/mol. The average Bonchev–Trinajstić information content (AvgIpc) is 2.87. The fraction of sp³-hybridized carbons (Fsp3) is 0.667. The molecule has 22 heavy (non-hydrogen) atoms. The van der Waals surface area contributed by atoms with Crippen LogP contribution >= 0.6 is 11.3 Å². The predicted octanol–water partition coefficient (Wildman–Crippen LogP) is 0.629. The van der Waals surface area contributed by atoms with E-state index in [2.05, 4.69) is 5.32 Å². The Morgan fingerprint density at radius 3 is 2.68 bits per heavy atom. The zero-order chi connectivity index (χ0) is 16.5. The lowest BCUT2D eigenvalue weighted by Crippen LogP contribution is -2.37. The van der Waals surface area contributed by atoms with Crippen molar-refractivity contribution in [2.24, 2.45) is 5.14 Å². The number of hydrogen-bond acceptors (Lipinski definition) is 7. The van der Waals surface area contributed by atoms with E-state index in [0.717, 1.165) is 11.3 Å². The van der Waals surface area contributed by atoms with Crippen LogP contribution in [-0.2, 0) is 24.6 Å². The van der Waals surface area contributed by atoms with Gasteiger partial charge in [-0.1, -0.05) is 6.92 Å². The molecular formula is C12H20N2O5S3. The van der Waals surface area contributed by atoms with Gasteiger partial charge in [-0.25, -0.2) is 22.0 Å². The molecule has 10 heteroatoms. The van der Waals surface area contributed by atoms with Gasteiger partial charge in [0.1, 0.15) is 8.42 Å². The molecule has 0 radical (unpaired) electrons. The summed E-state index contributed by atoms with van der Waals surface area (Å²) in [6, 6.07) is 1.15. The maximum absolute atomic E-state index is 12.7. The van der Waals surface area contributed by atoms with Gasteiger partial charge in [0, 0.05) is 18.2 Å². The zero-order valence-corrected chi connectivity index (χ0v) is 14.9. The summed E-state index contributed by atoms with van der Waals surface area (Å²) in [5.41, 5.74) is 0.489. The molecule has 126 valence electrons. The van der Waals surface area contributed by atoms with E-state index in [1.807, 2.05) is 6.92 Å². The Kier molecular flexibility index (Phi) is 5.30. The van der Waals surface area contributed by atoms with Crippen molar-refractivity contribution in [3.05, 3.63) is 11.6 Å². The highest BCUT2D eigenvalue weighted by atomic mass is 32.3. The van der Waals surface area contributed by atoms with Crippen molar-refractivity contribution >= 4 is 31.2 Å². The number of sulfonamides is 1. The average molecular weight is 369 g/mol. The molecule has 0 unspecified atom stereocenters. The second-order valence-corrected chi connectivity index (χ2v) is 10.3. The van der Waals surface area contributed by atoms with Crippen LogP contribution in [-0.4, -0.2) is 41.8 Å². The van der Waals surface area contributed by atoms with Crippen molar-refractivity contribution in [3.63, 3.8) is 0 Å². The molecule has 0 aliphatic carbocycles. The zero-order valence-electron chi connectivity index (χ0n) is 12.4. The summed E-state index contributed by atoms with van der Waals surface area (Å²) in [7, 11) is -7.54. The molecule has 0 amide bonds. The van der Waals surface area contributed by atoms with Crippen molar-refractivity contribution in [2.75, 3.05) is 19.8 Å². The molecule has 0 fully saturated rings. The smallest absolute Gasteiger partial charge is 0.247 e. The predicted molar refractivity (Wildman–Crippen MR) is 84.2 cm³/mol. The molecule has 2 atom stereocenters. The Morgan fingerprint density at radius 2 is 2.14 bits per heavy atom. The lowest BCUT2D eigenvalue weighted by molar-refractivity contribution is 0.141. The number of nitrogens with one attached hydrogen (secondary N) is 1. The SMILES string of the molecule is CCN[C@H]1C[C@@H](COCC)S(=O)(=O)c2sc(S(N)(=O)=O)cc21. The van der Waals surface area contributed by atoms with E-state index in [1.165, 1.54) is 6.07 Å². The van der Waals surface area contributed by atoms with Gasteiger partial charge in [0.2, 0.25) is 10.0 Å². The van der Waals surface area contributed by atoms with Crippen LogP contribution in [0.15, 0.2) is 14.5 Å². The fourth-order valence-corrected chi connectivity index (χ4v) is 7.03. The summed E-state index contributed by atoms with van der Waals surface area (Å²) in [5.74, 6) is 0. The first-order valence-electron chi connectivity index (χ1n) is 6.93. The Labute approximate surface area is 134 Å². The maximum Gasteiger partial charge on any atom is 0.247 e. The lowest BCUT2D eigenvalue weighted by atomic mass is 10.0. The van der Waals surface area contributed by atoms with Gasteiger partial charge in [-0.3, -0.25) is 0 Å². The molecule has 2 rings (SSSR count). The summed E-state index contributed by atoms with van der Waals surface area (Å²) in [6.45, 7) is 4.88. The quantitative estimate of drug-likeness (QED) is 0.761. The first-order chi connectivity index (χ1) is 10.2. The number of ether oxygens (including phenoxy) is 1. The molecule has 1 aliphatic heterocycles. The summed E-state index contributed by atoms with van der Waals surface area (Å²) >= 11 is 0.720. The van der Waals surface area contributed by atoms with Crippen LogP contribution in [0.5, 0.6) is 0 Å². The summed E-state index contributed by atoms with van der Waals surface area (Å²) in [4.78, 5) is 0. The van der Waals surface area contributed by atoms with Gasteiger partial charge >= 0.3 is 0 Å². The van der Waals surface area contributed by atoms with Crippen molar-refractivity contribution in [2.45, 2.75) is 40.0 Å². The Balaban J connectivity index is 2.52. The van der Waals surface area contributed by atoms with Gasteiger partial charge in [0.25, 0.3) is 0 Å². The van der Waals surface area contributed by atoms with Crippen molar-refractivity contribution < 1.29 is 21.6 Å². The Hall–Kier alpha value is -0.520. The van der Waals surface area contributed by atoms with Crippen molar-refractivity contribution in [1.29, 1.82) is 0 Å². The molecule has 1 aromatic heterocycles. The van der Waals surface area contributed by atoms with Gasteiger partial charge in [0.05, 0.1) is 11.9 Å². The number of fused-ring (bicyclic) bond motifs is 1. The third kappa shape index (κ3) is 3.36. The van der Waals surface area contributed by atoms with Crippen LogP contribution in [0.3, 0.4) is 0 Å². The van der Waals surface area contributed by atoms with Crippen LogP contribution in [0, 0.1) is 0 Å². The lowest BCUT2D eigenvalue weighted by Gasteiger charge is -2.29. The van der Waals surface area contributed by atoms with Gasteiger partial charge in [-0.2, -0.15) is 0 Å². The largest absolute Gasteiger partial charge is 0.380 e. The van der Waals surface area contributed by atoms with E-state index in [1.54, 1.807) is 6.92 Å². The summed E-state index contributed by atoms with van der Waals surface area (Å²) in [6.07, 6.45) is 0.351. The standard InChI is InChI=1S/C12H20N2O5S3/c1-3-14-10-5-8(7-19-4-2)21(15,16)12-9(10)6-11(20-12)22(13,17)18/h6,8,10,14H,3-5,7H2,1-2H3,(H2,13,17,18)/t8-,10-/m0/s1. The highest BCUT2D eigenvalue weighted by Gasteiger charge is 2.41. The first kappa shape index (κ1) is 17.8. The molecule has 0 saturated carbocycles. The van der Waals surface area contributed by atoms with Gasteiger partial charge in [-0.15, -0.1) is 11.3 Å². The molecule has 1 aromatic rings. The maximum atomic E-state index is 12.7. The second kappa shape index (κ2) is 6.54. The topological polar surface area (TPSA) is 116 Å². The third-order valence-electron chi connectivity index (χ3n) is 3.51. The van der Waals surface area contributed by atoms with Crippen molar-refractivity contribution in [1.82, 2.24) is 5.32 Å². The Bertz CT molecular complexity index is 739. The molecule has 3 N–H and O–H groups in total. The minimum Gasteiger partial charge on any atom is -0.380 e. The minimum absolute atomic E-state index is 0.0819. The summed E-state index contributed by atoms with van der Waals surface area (Å²) in [5, 5.41) is 7.65. The molecule has 0 saturated heterocycles. The van der Waals surface area contributed by atoms with Gasteiger partial charge in [-0.05, 0) is 26.0 Å². The molecule has 7 nitrogen and oxygen atoms in total. The molecule has 0 bridgehead atoms. The van der Waals surface area contributed by atoms with Gasteiger partial charge < -0.3 is 10.1 Å². The molecule has 2 heterocycles. The highest BCUT2D eigenvalue weighted by molar-refractivity contribution is 7.95. The normalized spacial score (nSPS) is 24.1. The van der Waals surface area contributed by atoms with Crippen molar-refractivity contribution in [3.8, 4) is 0 Å². The van der Waals surface area contributed by atoms with Crippen LogP contribution in [0.1, 0.15) is 31.9 Å².